The number of hydrogen-bond donors (Lipinski definition) is 2. The van der Waals surface area contributed by atoms with E-state index in [-0.39, 0.29) is 6.04 Å². The van der Waals surface area contributed by atoms with Crippen LogP contribution in [0.3, 0.4) is 0 Å². The van der Waals surface area contributed by atoms with E-state index in [0.29, 0.717) is 12.4 Å². The summed E-state index contributed by atoms with van der Waals surface area (Å²) in [5.41, 5.74) is 1.19. The zero-order valence-corrected chi connectivity index (χ0v) is 9.84. The molecule has 0 aliphatic carbocycles. The van der Waals surface area contributed by atoms with Crippen molar-refractivity contribution < 1.29 is 4.74 Å². The minimum Gasteiger partial charge on any atom is -0.497 e. The molecule has 0 bridgehead atoms. The molecule has 1 unspecified atom stereocenters. The summed E-state index contributed by atoms with van der Waals surface area (Å²) in [7, 11) is 1.66. The van der Waals surface area contributed by atoms with Gasteiger partial charge in [0.05, 0.1) is 13.7 Å². The highest BCUT2D eigenvalue weighted by Crippen LogP contribution is 2.17. The van der Waals surface area contributed by atoms with Crippen molar-refractivity contribution in [2.45, 2.75) is 19.5 Å². The molecular weight excluding hydrogens is 218 g/mol. The lowest BCUT2D eigenvalue weighted by Crippen LogP contribution is -2.18. The van der Waals surface area contributed by atoms with Crippen molar-refractivity contribution in [3.63, 3.8) is 0 Å². The molecule has 0 aliphatic heterocycles. The Bertz CT molecular complexity index is 439. The van der Waals surface area contributed by atoms with Crippen molar-refractivity contribution in [1.82, 2.24) is 25.9 Å². The van der Waals surface area contributed by atoms with Gasteiger partial charge in [-0.3, -0.25) is 0 Å². The Kier molecular flexibility index (Phi) is 3.66. The molecule has 90 valence electrons. The molecule has 6 heteroatoms. The molecule has 0 aliphatic rings. The predicted molar refractivity (Wildman–Crippen MR) is 62.4 cm³/mol. The van der Waals surface area contributed by atoms with Gasteiger partial charge in [-0.25, -0.2) is 0 Å². The number of nitrogens with one attached hydrogen (secondary N) is 2. The molecule has 0 amide bonds. The van der Waals surface area contributed by atoms with Crippen molar-refractivity contribution in [3.8, 4) is 5.75 Å². The maximum Gasteiger partial charge on any atom is 0.188 e. The summed E-state index contributed by atoms with van der Waals surface area (Å²) in [5, 5.41) is 17.0. The van der Waals surface area contributed by atoms with Crippen molar-refractivity contribution in [2.75, 3.05) is 7.11 Å². The van der Waals surface area contributed by atoms with Gasteiger partial charge in [-0.05, 0) is 24.6 Å². The average Bonchev–Trinajstić information content (AvgIpc) is 2.89. The number of aromatic amines is 1. The Morgan fingerprint density at radius 3 is 2.71 bits per heavy atom. The second-order valence-corrected chi connectivity index (χ2v) is 3.70. The van der Waals surface area contributed by atoms with Gasteiger partial charge in [0.2, 0.25) is 0 Å². The fourth-order valence-electron chi connectivity index (χ4n) is 1.51. The summed E-state index contributed by atoms with van der Waals surface area (Å²) in [5.74, 6) is 1.52. The molecule has 6 nitrogen and oxygen atoms in total. The minimum atomic E-state index is 0.222. The third kappa shape index (κ3) is 3.01. The van der Waals surface area contributed by atoms with E-state index in [9.17, 15) is 0 Å². The summed E-state index contributed by atoms with van der Waals surface area (Å²) in [4.78, 5) is 0. The second-order valence-electron chi connectivity index (χ2n) is 3.70. The first-order valence-electron chi connectivity index (χ1n) is 5.39. The molecule has 0 saturated carbocycles. The number of hydrogen-bond acceptors (Lipinski definition) is 5. The van der Waals surface area contributed by atoms with Crippen molar-refractivity contribution in [1.29, 1.82) is 0 Å². The lowest BCUT2D eigenvalue weighted by molar-refractivity contribution is 0.414. The minimum absolute atomic E-state index is 0.222. The number of tetrazole rings is 1. The lowest BCUT2D eigenvalue weighted by atomic mass is 10.1. The van der Waals surface area contributed by atoms with Gasteiger partial charge in [-0.15, -0.1) is 10.2 Å². The van der Waals surface area contributed by atoms with Crippen LogP contribution in [0.4, 0.5) is 0 Å². The number of benzene rings is 1. The van der Waals surface area contributed by atoms with Gasteiger partial charge < -0.3 is 10.1 Å². The summed E-state index contributed by atoms with van der Waals surface area (Å²) >= 11 is 0. The summed E-state index contributed by atoms with van der Waals surface area (Å²) in [6, 6.07) is 8.18. The quantitative estimate of drug-likeness (QED) is 0.807. The first-order chi connectivity index (χ1) is 8.29. The van der Waals surface area contributed by atoms with E-state index >= 15 is 0 Å². The fourth-order valence-corrected chi connectivity index (χ4v) is 1.51. The van der Waals surface area contributed by atoms with E-state index in [1.165, 1.54) is 5.56 Å². The fraction of sp³-hybridized carbons (Fsp3) is 0.364. The lowest BCUT2D eigenvalue weighted by Gasteiger charge is -2.13. The van der Waals surface area contributed by atoms with Crippen LogP contribution >= 0.6 is 0 Å². The smallest absolute Gasteiger partial charge is 0.188 e. The molecule has 1 heterocycles. The zero-order chi connectivity index (χ0) is 12.1. The first-order valence-corrected chi connectivity index (χ1v) is 5.39. The summed E-state index contributed by atoms with van der Waals surface area (Å²) in [6.45, 7) is 2.67. The molecule has 0 spiro atoms. The number of ether oxygens (including phenoxy) is 1. The second kappa shape index (κ2) is 5.40. The number of rotatable bonds is 5. The molecule has 17 heavy (non-hydrogen) atoms. The third-order valence-corrected chi connectivity index (χ3v) is 2.57. The van der Waals surface area contributed by atoms with Crippen molar-refractivity contribution in [2.24, 2.45) is 0 Å². The van der Waals surface area contributed by atoms with Gasteiger partial charge >= 0.3 is 0 Å². The van der Waals surface area contributed by atoms with E-state index < -0.39 is 0 Å². The molecule has 1 atom stereocenters. The maximum atomic E-state index is 5.11. The van der Waals surface area contributed by atoms with Crippen LogP contribution < -0.4 is 10.1 Å². The van der Waals surface area contributed by atoms with Crippen LogP contribution in [0.1, 0.15) is 24.4 Å². The Morgan fingerprint density at radius 2 is 2.12 bits per heavy atom. The Morgan fingerprint density at radius 1 is 1.35 bits per heavy atom. The van der Waals surface area contributed by atoms with Crippen LogP contribution in [0, 0.1) is 0 Å². The summed E-state index contributed by atoms with van der Waals surface area (Å²) < 4.78 is 5.11. The standard InChI is InChI=1S/C11H15N5O/c1-8(12-7-11-13-15-16-14-11)9-3-5-10(17-2)6-4-9/h3-6,8,12H,7H2,1-2H3,(H,13,14,15,16). The third-order valence-electron chi connectivity index (χ3n) is 2.57. The van der Waals surface area contributed by atoms with Crippen LogP contribution in [0.15, 0.2) is 24.3 Å². The molecule has 0 fully saturated rings. The monoisotopic (exact) mass is 233 g/mol. The molecule has 0 saturated heterocycles. The number of H-pyrrole nitrogens is 1. The average molecular weight is 233 g/mol. The number of nitrogens with zero attached hydrogens (tertiary/aromatic N) is 3. The normalized spacial score (nSPS) is 12.4. The van der Waals surface area contributed by atoms with Crippen LogP contribution in [0.5, 0.6) is 5.75 Å². The van der Waals surface area contributed by atoms with E-state index in [1.807, 2.05) is 24.3 Å². The molecular formula is C11H15N5O. The SMILES string of the molecule is COc1ccc(C(C)NCc2nn[nH]n2)cc1. The highest BCUT2D eigenvalue weighted by Gasteiger charge is 2.06. The topological polar surface area (TPSA) is 75.7 Å². The number of methoxy groups -OCH3 is 1. The largest absolute Gasteiger partial charge is 0.497 e. The highest BCUT2D eigenvalue weighted by atomic mass is 16.5. The highest BCUT2D eigenvalue weighted by molar-refractivity contribution is 5.28. The molecule has 0 radical (unpaired) electrons. The maximum absolute atomic E-state index is 5.11. The Hall–Kier alpha value is -1.95. The van der Waals surface area contributed by atoms with E-state index in [1.54, 1.807) is 7.11 Å². The molecule has 2 aromatic rings. The Labute approximate surface area is 99.4 Å². The molecule has 2 rings (SSSR count). The van der Waals surface area contributed by atoms with Crippen molar-refractivity contribution in [3.05, 3.63) is 35.7 Å². The zero-order valence-electron chi connectivity index (χ0n) is 9.84. The first kappa shape index (κ1) is 11.5. The van der Waals surface area contributed by atoms with Gasteiger partial charge in [0.1, 0.15) is 5.75 Å². The van der Waals surface area contributed by atoms with Gasteiger partial charge in [-0.1, -0.05) is 17.3 Å². The summed E-state index contributed by atoms with van der Waals surface area (Å²) in [6.07, 6.45) is 0. The molecule has 1 aromatic heterocycles. The van der Waals surface area contributed by atoms with E-state index in [0.717, 1.165) is 5.75 Å². The van der Waals surface area contributed by atoms with Gasteiger partial charge in [0, 0.05) is 6.04 Å². The van der Waals surface area contributed by atoms with Gasteiger partial charge in [-0.2, -0.15) is 5.21 Å². The van der Waals surface area contributed by atoms with Gasteiger partial charge in [0.25, 0.3) is 0 Å². The number of aromatic nitrogens is 4. The molecule has 1 aromatic carbocycles. The van der Waals surface area contributed by atoms with Gasteiger partial charge in [0.15, 0.2) is 5.82 Å². The van der Waals surface area contributed by atoms with Crippen molar-refractivity contribution >= 4 is 0 Å². The predicted octanol–water partition coefficient (Wildman–Crippen LogP) is 1.06. The van der Waals surface area contributed by atoms with Crippen LogP contribution in [0.2, 0.25) is 0 Å². The Balaban J connectivity index is 1.92. The van der Waals surface area contributed by atoms with Crippen LogP contribution in [-0.4, -0.2) is 27.7 Å². The molecule has 2 N–H and O–H groups in total. The van der Waals surface area contributed by atoms with Crippen LogP contribution in [0.25, 0.3) is 0 Å². The van der Waals surface area contributed by atoms with E-state index in [4.69, 9.17) is 4.74 Å². The van der Waals surface area contributed by atoms with E-state index in [2.05, 4.69) is 32.9 Å². The van der Waals surface area contributed by atoms with Crippen LogP contribution in [-0.2, 0) is 6.54 Å².